The molecule has 0 spiro atoms. The lowest BCUT2D eigenvalue weighted by atomic mass is 10.1. The van der Waals surface area contributed by atoms with Crippen LogP contribution in [-0.4, -0.2) is 31.4 Å². The van der Waals surface area contributed by atoms with E-state index in [-0.39, 0.29) is 5.91 Å². The standard InChI is InChI=1S/C14H22N2O/c1-12-6-8-13(9-7-12)11-16(3)14(17)5-4-10-15-2/h6-9,15H,4-5,10-11H2,1-3H3. The van der Waals surface area contributed by atoms with Crippen molar-refractivity contribution in [2.24, 2.45) is 0 Å². The summed E-state index contributed by atoms with van der Waals surface area (Å²) in [5.41, 5.74) is 2.43. The molecule has 1 aromatic carbocycles. The number of aryl methyl sites for hydroxylation is 1. The van der Waals surface area contributed by atoms with Gasteiger partial charge in [0.1, 0.15) is 0 Å². The molecule has 0 radical (unpaired) electrons. The van der Waals surface area contributed by atoms with Crippen LogP contribution in [0, 0.1) is 6.92 Å². The highest BCUT2D eigenvalue weighted by Crippen LogP contribution is 2.07. The predicted octanol–water partition coefficient (Wildman–Crippen LogP) is 1.95. The van der Waals surface area contributed by atoms with Gasteiger partial charge in [0, 0.05) is 20.0 Å². The van der Waals surface area contributed by atoms with Gasteiger partial charge in [0.25, 0.3) is 0 Å². The normalized spacial score (nSPS) is 10.3. The molecule has 0 atom stereocenters. The lowest BCUT2D eigenvalue weighted by Gasteiger charge is -2.17. The van der Waals surface area contributed by atoms with Crippen molar-refractivity contribution in [1.82, 2.24) is 10.2 Å². The molecule has 1 aromatic rings. The molecule has 0 aliphatic heterocycles. The molecule has 0 fully saturated rings. The van der Waals surface area contributed by atoms with Crippen molar-refractivity contribution in [1.29, 1.82) is 0 Å². The first-order valence-electron chi connectivity index (χ1n) is 6.07. The Morgan fingerprint density at radius 2 is 1.94 bits per heavy atom. The molecule has 0 saturated heterocycles. The average Bonchev–Trinajstić information content (AvgIpc) is 2.32. The van der Waals surface area contributed by atoms with E-state index in [9.17, 15) is 4.79 Å². The molecule has 0 saturated carbocycles. The highest BCUT2D eigenvalue weighted by molar-refractivity contribution is 5.75. The second kappa shape index (κ2) is 7.07. The van der Waals surface area contributed by atoms with E-state index in [0.29, 0.717) is 13.0 Å². The first-order valence-corrected chi connectivity index (χ1v) is 6.07. The second-order valence-electron chi connectivity index (χ2n) is 4.44. The molecule has 3 heteroatoms. The third-order valence-electron chi connectivity index (χ3n) is 2.78. The van der Waals surface area contributed by atoms with Crippen LogP contribution >= 0.6 is 0 Å². The van der Waals surface area contributed by atoms with E-state index in [1.54, 1.807) is 4.90 Å². The quantitative estimate of drug-likeness (QED) is 0.763. The van der Waals surface area contributed by atoms with Gasteiger partial charge in [-0.05, 0) is 32.5 Å². The molecule has 0 unspecified atom stereocenters. The van der Waals surface area contributed by atoms with Crippen LogP contribution in [0.5, 0.6) is 0 Å². The second-order valence-corrected chi connectivity index (χ2v) is 4.44. The molecule has 0 aliphatic carbocycles. The topological polar surface area (TPSA) is 32.3 Å². The summed E-state index contributed by atoms with van der Waals surface area (Å²) >= 11 is 0. The van der Waals surface area contributed by atoms with Crippen molar-refractivity contribution in [2.45, 2.75) is 26.3 Å². The third kappa shape index (κ3) is 5.00. The van der Waals surface area contributed by atoms with Gasteiger partial charge in [-0.3, -0.25) is 4.79 Å². The van der Waals surface area contributed by atoms with E-state index in [1.807, 2.05) is 14.1 Å². The zero-order valence-corrected chi connectivity index (χ0v) is 11.0. The van der Waals surface area contributed by atoms with Gasteiger partial charge in [0.15, 0.2) is 0 Å². The van der Waals surface area contributed by atoms with Gasteiger partial charge in [-0.1, -0.05) is 29.8 Å². The summed E-state index contributed by atoms with van der Waals surface area (Å²) in [6.45, 7) is 3.65. The molecule has 1 amide bonds. The number of nitrogens with zero attached hydrogens (tertiary/aromatic N) is 1. The van der Waals surface area contributed by atoms with Gasteiger partial charge in [0.05, 0.1) is 0 Å². The van der Waals surface area contributed by atoms with Crippen molar-refractivity contribution in [3.05, 3.63) is 35.4 Å². The zero-order valence-electron chi connectivity index (χ0n) is 11.0. The van der Waals surface area contributed by atoms with Gasteiger partial charge >= 0.3 is 0 Å². The van der Waals surface area contributed by atoms with E-state index in [4.69, 9.17) is 0 Å². The number of hydrogen-bond acceptors (Lipinski definition) is 2. The Morgan fingerprint density at radius 1 is 1.29 bits per heavy atom. The van der Waals surface area contributed by atoms with Crippen LogP contribution in [0.25, 0.3) is 0 Å². The van der Waals surface area contributed by atoms with E-state index in [0.717, 1.165) is 13.0 Å². The lowest BCUT2D eigenvalue weighted by molar-refractivity contribution is -0.130. The van der Waals surface area contributed by atoms with E-state index in [1.165, 1.54) is 11.1 Å². The molecule has 1 rings (SSSR count). The van der Waals surface area contributed by atoms with Crippen LogP contribution in [0.4, 0.5) is 0 Å². The Morgan fingerprint density at radius 3 is 2.53 bits per heavy atom. The minimum Gasteiger partial charge on any atom is -0.341 e. The maximum atomic E-state index is 11.8. The van der Waals surface area contributed by atoms with E-state index < -0.39 is 0 Å². The molecule has 0 aromatic heterocycles. The van der Waals surface area contributed by atoms with Crippen molar-refractivity contribution >= 4 is 5.91 Å². The predicted molar refractivity (Wildman–Crippen MR) is 70.8 cm³/mol. The number of carbonyl (C=O) groups excluding carboxylic acids is 1. The van der Waals surface area contributed by atoms with Crippen LogP contribution < -0.4 is 5.32 Å². The number of nitrogens with one attached hydrogen (secondary N) is 1. The van der Waals surface area contributed by atoms with E-state index >= 15 is 0 Å². The largest absolute Gasteiger partial charge is 0.341 e. The summed E-state index contributed by atoms with van der Waals surface area (Å²) in [6.07, 6.45) is 1.51. The molecular formula is C14H22N2O. The summed E-state index contributed by atoms with van der Waals surface area (Å²) in [4.78, 5) is 13.6. The Kier molecular flexibility index (Phi) is 5.70. The molecule has 3 nitrogen and oxygen atoms in total. The SMILES string of the molecule is CNCCCC(=O)N(C)Cc1ccc(C)cc1. The Bertz CT molecular complexity index is 346. The fourth-order valence-electron chi connectivity index (χ4n) is 1.66. The summed E-state index contributed by atoms with van der Waals surface area (Å²) in [7, 11) is 3.77. The highest BCUT2D eigenvalue weighted by Gasteiger charge is 2.08. The van der Waals surface area contributed by atoms with Crippen LogP contribution in [0.3, 0.4) is 0 Å². The zero-order chi connectivity index (χ0) is 12.7. The summed E-state index contributed by atoms with van der Waals surface area (Å²) in [5.74, 6) is 0.209. The van der Waals surface area contributed by atoms with Gasteiger partial charge in [0.2, 0.25) is 5.91 Å². The number of carbonyl (C=O) groups is 1. The minimum atomic E-state index is 0.209. The van der Waals surface area contributed by atoms with Crippen LogP contribution in [0.1, 0.15) is 24.0 Å². The van der Waals surface area contributed by atoms with E-state index in [2.05, 4.69) is 36.5 Å². The number of amides is 1. The Balaban J connectivity index is 2.40. The molecule has 0 aliphatic rings. The summed E-state index contributed by atoms with van der Waals surface area (Å²) in [5, 5.41) is 3.05. The Labute approximate surface area is 104 Å². The molecule has 94 valence electrons. The lowest BCUT2D eigenvalue weighted by Crippen LogP contribution is -2.26. The fraction of sp³-hybridized carbons (Fsp3) is 0.500. The first kappa shape index (κ1) is 13.7. The Hall–Kier alpha value is -1.35. The molecule has 0 bridgehead atoms. The first-order chi connectivity index (χ1) is 8.13. The highest BCUT2D eigenvalue weighted by atomic mass is 16.2. The number of rotatable bonds is 6. The number of hydrogen-bond donors (Lipinski definition) is 1. The fourth-order valence-corrected chi connectivity index (χ4v) is 1.66. The van der Waals surface area contributed by atoms with Crippen molar-refractivity contribution in [3.63, 3.8) is 0 Å². The average molecular weight is 234 g/mol. The molecule has 17 heavy (non-hydrogen) atoms. The smallest absolute Gasteiger partial charge is 0.222 e. The summed E-state index contributed by atoms with van der Waals surface area (Å²) < 4.78 is 0. The monoisotopic (exact) mass is 234 g/mol. The van der Waals surface area contributed by atoms with Gasteiger partial charge in [-0.25, -0.2) is 0 Å². The van der Waals surface area contributed by atoms with Crippen LogP contribution in [0.2, 0.25) is 0 Å². The van der Waals surface area contributed by atoms with Crippen molar-refractivity contribution < 1.29 is 4.79 Å². The minimum absolute atomic E-state index is 0.209. The summed E-state index contributed by atoms with van der Waals surface area (Å²) in [6, 6.07) is 8.31. The van der Waals surface area contributed by atoms with Gasteiger partial charge < -0.3 is 10.2 Å². The van der Waals surface area contributed by atoms with Gasteiger partial charge in [-0.15, -0.1) is 0 Å². The van der Waals surface area contributed by atoms with Crippen LogP contribution in [0.15, 0.2) is 24.3 Å². The maximum Gasteiger partial charge on any atom is 0.222 e. The third-order valence-corrected chi connectivity index (χ3v) is 2.78. The van der Waals surface area contributed by atoms with Gasteiger partial charge in [-0.2, -0.15) is 0 Å². The van der Waals surface area contributed by atoms with Crippen molar-refractivity contribution in [3.8, 4) is 0 Å². The van der Waals surface area contributed by atoms with Crippen molar-refractivity contribution in [2.75, 3.05) is 20.6 Å². The molecule has 0 heterocycles. The number of benzene rings is 1. The molecule has 1 N–H and O–H groups in total. The molecular weight excluding hydrogens is 212 g/mol. The maximum absolute atomic E-state index is 11.8. The van der Waals surface area contributed by atoms with Crippen LogP contribution in [-0.2, 0) is 11.3 Å².